The van der Waals surface area contributed by atoms with Gasteiger partial charge in [-0.15, -0.1) is 12.4 Å². The van der Waals surface area contributed by atoms with E-state index in [1.165, 1.54) is 0 Å². The number of ether oxygens (including phenoxy) is 1. The number of rotatable bonds is 8. The summed E-state index contributed by atoms with van der Waals surface area (Å²) < 4.78 is 4.83. The number of halogens is 1. The SMILES string of the molecule is CCCC(C)(N)C(=O)NC(C)CCC(=O)OCC.Cl. The lowest BCUT2D eigenvalue weighted by molar-refractivity contribution is -0.143. The molecule has 0 aromatic carbocycles. The molecule has 5 nitrogen and oxygen atoms in total. The zero-order chi connectivity index (χ0) is 14.2. The van der Waals surface area contributed by atoms with Gasteiger partial charge in [-0.2, -0.15) is 0 Å². The van der Waals surface area contributed by atoms with Gasteiger partial charge in [0.1, 0.15) is 0 Å². The summed E-state index contributed by atoms with van der Waals surface area (Å²) >= 11 is 0. The molecular weight excluding hydrogens is 268 g/mol. The summed E-state index contributed by atoms with van der Waals surface area (Å²) in [7, 11) is 0. The van der Waals surface area contributed by atoms with Gasteiger partial charge in [-0.1, -0.05) is 13.3 Å². The van der Waals surface area contributed by atoms with E-state index in [4.69, 9.17) is 10.5 Å². The average molecular weight is 295 g/mol. The van der Waals surface area contributed by atoms with Crippen LogP contribution >= 0.6 is 12.4 Å². The van der Waals surface area contributed by atoms with E-state index < -0.39 is 5.54 Å². The molecule has 0 rings (SSSR count). The Morgan fingerprint density at radius 3 is 2.42 bits per heavy atom. The van der Waals surface area contributed by atoms with Crippen molar-refractivity contribution in [3.8, 4) is 0 Å². The lowest BCUT2D eigenvalue weighted by Crippen LogP contribution is -2.53. The number of hydrogen-bond acceptors (Lipinski definition) is 4. The molecule has 2 atom stereocenters. The molecule has 0 aromatic heterocycles. The number of hydrogen-bond donors (Lipinski definition) is 2. The van der Waals surface area contributed by atoms with Crippen LogP contribution in [0.1, 0.15) is 53.4 Å². The van der Waals surface area contributed by atoms with Crippen LogP contribution in [-0.4, -0.2) is 30.1 Å². The van der Waals surface area contributed by atoms with Gasteiger partial charge in [-0.05, 0) is 33.6 Å². The third kappa shape index (κ3) is 8.83. The quantitative estimate of drug-likeness (QED) is 0.669. The number of esters is 1. The van der Waals surface area contributed by atoms with E-state index in [1.807, 2.05) is 13.8 Å². The molecule has 0 aliphatic carbocycles. The van der Waals surface area contributed by atoms with E-state index in [9.17, 15) is 9.59 Å². The van der Waals surface area contributed by atoms with Crippen molar-refractivity contribution in [2.75, 3.05) is 6.61 Å². The van der Waals surface area contributed by atoms with Gasteiger partial charge in [-0.3, -0.25) is 9.59 Å². The number of amides is 1. The molecule has 0 heterocycles. The molecule has 0 bridgehead atoms. The predicted octanol–water partition coefficient (Wildman–Crippen LogP) is 1.77. The Hall–Kier alpha value is -0.810. The van der Waals surface area contributed by atoms with Crippen LogP contribution in [0.5, 0.6) is 0 Å². The van der Waals surface area contributed by atoms with Crippen LogP contribution in [0.2, 0.25) is 0 Å². The molecule has 0 saturated carbocycles. The summed E-state index contributed by atoms with van der Waals surface area (Å²) in [5, 5.41) is 2.83. The van der Waals surface area contributed by atoms with E-state index in [2.05, 4.69) is 5.32 Å². The molecule has 3 N–H and O–H groups in total. The van der Waals surface area contributed by atoms with Gasteiger partial charge in [0.2, 0.25) is 5.91 Å². The number of nitrogens with two attached hydrogens (primary N) is 1. The highest BCUT2D eigenvalue weighted by Crippen LogP contribution is 2.09. The largest absolute Gasteiger partial charge is 0.466 e. The Labute approximate surface area is 122 Å². The normalized spacial score (nSPS) is 14.8. The number of carbonyl (C=O) groups is 2. The number of nitrogens with one attached hydrogen (secondary N) is 1. The van der Waals surface area contributed by atoms with E-state index in [-0.39, 0.29) is 30.3 Å². The van der Waals surface area contributed by atoms with Crippen LogP contribution in [0.4, 0.5) is 0 Å². The minimum Gasteiger partial charge on any atom is -0.466 e. The van der Waals surface area contributed by atoms with Crippen molar-refractivity contribution < 1.29 is 14.3 Å². The summed E-state index contributed by atoms with van der Waals surface area (Å²) in [6.45, 7) is 7.73. The number of carbonyl (C=O) groups excluding carboxylic acids is 2. The van der Waals surface area contributed by atoms with Crippen LogP contribution < -0.4 is 11.1 Å². The highest BCUT2D eigenvalue weighted by Gasteiger charge is 2.27. The molecule has 114 valence electrons. The Morgan fingerprint density at radius 2 is 1.95 bits per heavy atom. The van der Waals surface area contributed by atoms with E-state index in [0.29, 0.717) is 25.9 Å². The minimum absolute atomic E-state index is 0. The van der Waals surface area contributed by atoms with Gasteiger partial charge in [0.25, 0.3) is 0 Å². The van der Waals surface area contributed by atoms with Crippen LogP contribution in [0.25, 0.3) is 0 Å². The zero-order valence-electron chi connectivity index (χ0n) is 12.3. The van der Waals surface area contributed by atoms with Crippen molar-refractivity contribution in [2.24, 2.45) is 5.73 Å². The fourth-order valence-electron chi connectivity index (χ4n) is 1.66. The van der Waals surface area contributed by atoms with Gasteiger partial charge in [0, 0.05) is 12.5 Å². The fourth-order valence-corrected chi connectivity index (χ4v) is 1.66. The first-order valence-electron chi connectivity index (χ1n) is 6.59. The molecule has 0 aromatic rings. The van der Waals surface area contributed by atoms with E-state index >= 15 is 0 Å². The van der Waals surface area contributed by atoms with Gasteiger partial charge in [-0.25, -0.2) is 0 Å². The Bertz CT molecular complexity index is 283. The molecule has 0 fully saturated rings. The monoisotopic (exact) mass is 294 g/mol. The molecule has 0 aliphatic rings. The summed E-state index contributed by atoms with van der Waals surface area (Å²) in [4.78, 5) is 23.1. The third-order valence-corrected chi connectivity index (χ3v) is 2.75. The van der Waals surface area contributed by atoms with Crippen molar-refractivity contribution in [2.45, 2.75) is 65.0 Å². The second-order valence-corrected chi connectivity index (χ2v) is 4.89. The highest BCUT2D eigenvalue weighted by molar-refractivity contribution is 5.86. The first kappa shape index (κ1) is 20.5. The third-order valence-electron chi connectivity index (χ3n) is 2.75. The summed E-state index contributed by atoms with van der Waals surface area (Å²) in [5.74, 6) is -0.400. The molecule has 1 amide bonds. The van der Waals surface area contributed by atoms with E-state index in [1.54, 1.807) is 13.8 Å². The summed E-state index contributed by atoms with van der Waals surface area (Å²) in [6.07, 6.45) is 2.37. The van der Waals surface area contributed by atoms with Gasteiger partial charge >= 0.3 is 5.97 Å². The van der Waals surface area contributed by atoms with Crippen LogP contribution in [0.15, 0.2) is 0 Å². The van der Waals surface area contributed by atoms with Crippen molar-refractivity contribution in [1.29, 1.82) is 0 Å². The predicted molar refractivity (Wildman–Crippen MR) is 78.2 cm³/mol. The molecule has 2 unspecified atom stereocenters. The standard InChI is InChI=1S/C13H26N2O3.ClH/c1-5-9-13(4,14)12(17)15-10(3)7-8-11(16)18-6-2;/h10H,5-9,14H2,1-4H3,(H,15,17);1H. The highest BCUT2D eigenvalue weighted by atomic mass is 35.5. The summed E-state index contributed by atoms with van der Waals surface area (Å²) in [5.41, 5.74) is 5.08. The second kappa shape index (κ2) is 10.0. The molecule has 0 aliphatic heterocycles. The smallest absolute Gasteiger partial charge is 0.305 e. The van der Waals surface area contributed by atoms with Gasteiger partial charge in [0.15, 0.2) is 0 Å². The van der Waals surface area contributed by atoms with Gasteiger partial charge < -0.3 is 15.8 Å². The van der Waals surface area contributed by atoms with Crippen molar-refractivity contribution in [1.82, 2.24) is 5.32 Å². The van der Waals surface area contributed by atoms with Crippen LogP contribution in [0, 0.1) is 0 Å². The lowest BCUT2D eigenvalue weighted by atomic mass is 9.96. The average Bonchev–Trinajstić information content (AvgIpc) is 2.26. The maximum Gasteiger partial charge on any atom is 0.305 e. The van der Waals surface area contributed by atoms with Gasteiger partial charge in [0.05, 0.1) is 12.1 Å². The Kier molecular flexibility index (Phi) is 10.8. The molecule has 6 heteroatoms. The maximum absolute atomic E-state index is 11.9. The Morgan fingerprint density at radius 1 is 1.37 bits per heavy atom. The first-order chi connectivity index (χ1) is 8.33. The topological polar surface area (TPSA) is 81.4 Å². The minimum atomic E-state index is -0.840. The maximum atomic E-state index is 11.9. The molecule has 0 spiro atoms. The van der Waals surface area contributed by atoms with Crippen molar-refractivity contribution >= 4 is 24.3 Å². The molecule has 0 radical (unpaired) electrons. The lowest BCUT2D eigenvalue weighted by Gasteiger charge is -2.25. The first-order valence-corrected chi connectivity index (χ1v) is 6.59. The molecular formula is C13H27ClN2O3. The van der Waals surface area contributed by atoms with E-state index in [0.717, 1.165) is 6.42 Å². The van der Waals surface area contributed by atoms with Crippen molar-refractivity contribution in [3.05, 3.63) is 0 Å². The Balaban J connectivity index is 0. The molecule has 19 heavy (non-hydrogen) atoms. The van der Waals surface area contributed by atoms with Crippen LogP contribution in [0.3, 0.4) is 0 Å². The summed E-state index contributed by atoms with van der Waals surface area (Å²) in [6, 6.07) is -0.0818. The van der Waals surface area contributed by atoms with Crippen molar-refractivity contribution in [3.63, 3.8) is 0 Å². The second-order valence-electron chi connectivity index (χ2n) is 4.89. The van der Waals surface area contributed by atoms with Crippen LogP contribution in [-0.2, 0) is 14.3 Å². The zero-order valence-corrected chi connectivity index (χ0v) is 13.1. The molecule has 0 saturated heterocycles. The fraction of sp³-hybridized carbons (Fsp3) is 0.846.